The van der Waals surface area contributed by atoms with Crippen molar-refractivity contribution in [3.63, 3.8) is 0 Å². The Labute approximate surface area is 106 Å². The Bertz CT molecular complexity index is 359. The number of hydrogen-bond donors (Lipinski definition) is 0. The highest BCUT2D eigenvalue weighted by Gasteiger charge is 2.50. The molecule has 0 N–H and O–H groups in total. The molecule has 1 aromatic carbocycles. The second-order valence-electron chi connectivity index (χ2n) is 5.33. The molecular formula is C14H17I. The van der Waals surface area contributed by atoms with Crippen LogP contribution >= 0.6 is 22.6 Å². The topological polar surface area (TPSA) is 0 Å². The summed E-state index contributed by atoms with van der Waals surface area (Å²) in [7, 11) is 0. The van der Waals surface area contributed by atoms with Crippen molar-refractivity contribution in [1.82, 2.24) is 0 Å². The molecule has 2 saturated carbocycles. The van der Waals surface area contributed by atoms with E-state index in [0.717, 1.165) is 0 Å². The maximum Gasteiger partial charge on any atom is 0.0231 e. The summed E-state index contributed by atoms with van der Waals surface area (Å²) in [5.74, 6) is 0. The van der Waals surface area contributed by atoms with E-state index in [0.29, 0.717) is 8.84 Å². The molecule has 2 aliphatic carbocycles. The summed E-state index contributed by atoms with van der Waals surface area (Å²) in [4.78, 5) is 0. The number of halogens is 1. The normalized spacial score (nSPS) is 39.3. The third kappa shape index (κ3) is 1.63. The minimum absolute atomic E-state index is 0.542. The molecular weight excluding hydrogens is 295 g/mol. The Morgan fingerprint density at radius 1 is 0.933 bits per heavy atom. The van der Waals surface area contributed by atoms with Gasteiger partial charge < -0.3 is 0 Å². The molecule has 0 aliphatic heterocycles. The zero-order chi connectivity index (χ0) is 10.4. The maximum absolute atomic E-state index is 2.73. The molecule has 1 aromatic rings. The number of rotatable bonds is 1. The molecule has 0 radical (unpaired) electrons. The molecule has 0 unspecified atom stereocenters. The van der Waals surface area contributed by atoms with Crippen molar-refractivity contribution in [3.05, 3.63) is 35.9 Å². The minimum Gasteiger partial charge on any atom is -0.0788 e. The van der Waals surface area contributed by atoms with E-state index in [1.54, 1.807) is 5.56 Å². The van der Waals surface area contributed by atoms with Crippen LogP contribution in [0.2, 0.25) is 0 Å². The van der Waals surface area contributed by atoms with E-state index in [9.17, 15) is 0 Å². The second-order valence-corrected chi connectivity index (χ2v) is 7.62. The van der Waals surface area contributed by atoms with E-state index in [4.69, 9.17) is 0 Å². The first-order chi connectivity index (χ1) is 7.23. The van der Waals surface area contributed by atoms with Crippen LogP contribution < -0.4 is 0 Å². The number of hydrogen-bond acceptors (Lipinski definition) is 0. The zero-order valence-corrected chi connectivity index (χ0v) is 11.2. The van der Waals surface area contributed by atoms with Gasteiger partial charge in [-0.15, -0.1) is 0 Å². The first kappa shape index (κ1) is 10.1. The first-order valence-electron chi connectivity index (χ1n) is 5.97. The maximum atomic E-state index is 2.73. The van der Waals surface area contributed by atoms with Crippen molar-refractivity contribution in [2.75, 3.05) is 0 Å². The molecule has 15 heavy (non-hydrogen) atoms. The van der Waals surface area contributed by atoms with E-state index in [1.165, 1.54) is 38.5 Å². The Morgan fingerprint density at radius 2 is 1.73 bits per heavy atom. The van der Waals surface area contributed by atoms with Crippen LogP contribution in [0.1, 0.15) is 44.1 Å². The lowest BCUT2D eigenvalue weighted by atomic mass is 9.71. The summed E-state index contributed by atoms with van der Waals surface area (Å²) < 4.78 is 0.631. The van der Waals surface area contributed by atoms with Gasteiger partial charge in [0.2, 0.25) is 0 Å². The number of alkyl halides is 1. The fourth-order valence-corrected chi connectivity index (χ4v) is 4.98. The van der Waals surface area contributed by atoms with Crippen LogP contribution in [0.4, 0.5) is 0 Å². The van der Waals surface area contributed by atoms with Crippen LogP contribution in [0.25, 0.3) is 0 Å². The van der Waals surface area contributed by atoms with E-state index in [-0.39, 0.29) is 0 Å². The van der Waals surface area contributed by atoms with E-state index in [1.807, 2.05) is 0 Å². The molecule has 0 saturated heterocycles. The van der Waals surface area contributed by atoms with E-state index >= 15 is 0 Å². The first-order valence-corrected chi connectivity index (χ1v) is 7.05. The van der Waals surface area contributed by atoms with E-state index in [2.05, 4.69) is 52.9 Å². The standard InChI is InChI=1S/C14H17I/c15-14-8-4-7-13(11-14,9-10-14)12-5-2-1-3-6-12/h1-3,5-6H,4,7-11H2/t13-,14-/m0/s1. The number of benzene rings is 1. The largest absolute Gasteiger partial charge is 0.0788 e. The predicted molar refractivity (Wildman–Crippen MR) is 72.6 cm³/mol. The van der Waals surface area contributed by atoms with Gasteiger partial charge in [0, 0.05) is 3.42 Å². The molecule has 0 heterocycles. The molecule has 0 amide bonds. The molecule has 2 fully saturated rings. The average Bonchev–Trinajstić information content (AvgIpc) is 2.52. The van der Waals surface area contributed by atoms with Gasteiger partial charge in [-0.05, 0) is 43.1 Å². The van der Waals surface area contributed by atoms with Crippen molar-refractivity contribution in [3.8, 4) is 0 Å². The Balaban J connectivity index is 1.99. The summed E-state index contributed by atoms with van der Waals surface area (Å²) >= 11 is 2.73. The second kappa shape index (κ2) is 3.47. The molecule has 1 heteroatoms. The van der Waals surface area contributed by atoms with Gasteiger partial charge in [-0.25, -0.2) is 0 Å². The quantitative estimate of drug-likeness (QED) is 0.530. The average molecular weight is 312 g/mol. The van der Waals surface area contributed by atoms with Gasteiger partial charge in [0.1, 0.15) is 0 Å². The lowest BCUT2D eigenvalue weighted by Gasteiger charge is -2.37. The van der Waals surface area contributed by atoms with Crippen molar-refractivity contribution >= 4 is 22.6 Å². The van der Waals surface area contributed by atoms with Crippen LogP contribution in [-0.4, -0.2) is 3.42 Å². The lowest BCUT2D eigenvalue weighted by molar-refractivity contribution is 0.332. The summed E-state index contributed by atoms with van der Waals surface area (Å²) in [6, 6.07) is 11.2. The molecule has 0 aromatic heterocycles. The SMILES string of the molecule is I[C@@]12CCC[C@](c3ccccc3)(CC1)C2. The van der Waals surface area contributed by atoms with Gasteiger partial charge in [-0.1, -0.05) is 59.3 Å². The zero-order valence-electron chi connectivity index (χ0n) is 9.01. The van der Waals surface area contributed by atoms with E-state index < -0.39 is 0 Å². The van der Waals surface area contributed by atoms with Gasteiger partial charge in [-0.3, -0.25) is 0 Å². The summed E-state index contributed by atoms with van der Waals surface area (Å²) in [6.07, 6.45) is 8.56. The summed E-state index contributed by atoms with van der Waals surface area (Å²) in [5.41, 5.74) is 2.14. The molecule has 80 valence electrons. The molecule has 2 aliphatic rings. The van der Waals surface area contributed by atoms with Crippen LogP contribution in [-0.2, 0) is 5.41 Å². The van der Waals surface area contributed by atoms with Crippen molar-refractivity contribution in [2.24, 2.45) is 0 Å². The molecule has 2 atom stereocenters. The van der Waals surface area contributed by atoms with Gasteiger partial charge in [-0.2, -0.15) is 0 Å². The smallest absolute Gasteiger partial charge is 0.0231 e. The third-order valence-electron chi connectivity index (χ3n) is 4.37. The molecule has 0 nitrogen and oxygen atoms in total. The van der Waals surface area contributed by atoms with Crippen LogP contribution in [0.15, 0.2) is 30.3 Å². The van der Waals surface area contributed by atoms with Crippen molar-refractivity contribution < 1.29 is 0 Å². The fourth-order valence-electron chi connectivity index (χ4n) is 3.60. The number of fused-ring (bicyclic) bond motifs is 2. The molecule has 3 rings (SSSR count). The highest BCUT2D eigenvalue weighted by atomic mass is 127. The van der Waals surface area contributed by atoms with Gasteiger partial charge in [0.05, 0.1) is 0 Å². The Hall–Kier alpha value is -0.0500. The summed E-state index contributed by atoms with van der Waals surface area (Å²) in [6.45, 7) is 0. The predicted octanol–water partition coefficient (Wildman–Crippen LogP) is 4.47. The van der Waals surface area contributed by atoms with Crippen LogP contribution in [0.5, 0.6) is 0 Å². The molecule has 2 bridgehead atoms. The Morgan fingerprint density at radius 3 is 2.53 bits per heavy atom. The highest BCUT2D eigenvalue weighted by Crippen LogP contribution is 2.58. The van der Waals surface area contributed by atoms with Crippen LogP contribution in [0.3, 0.4) is 0 Å². The van der Waals surface area contributed by atoms with Crippen molar-refractivity contribution in [2.45, 2.75) is 47.4 Å². The monoisotopic (exact) mass is 312 g/mol. The minimum atomic E-state index is 0.542. The van der Waals surface area contributed by atoms with Crippen LogP contribution in [0, 0.1) is 0 Å². The highest BCUT2D eigenvalue weighted by molar-refractivity contribution is 14.1. The fraction of sp³-hybridized carbons (Fsp3) is 0.571. The molecule has 0 spiro atoms. The third-order valence-corrected chi connectivity index (χ3v) is 5.83. The van der Waals surface area contributed by atoms with Gasteiger partial charge in [0.15, 0.2) is 0 Å². The van der Waals surface area contributed by atoms with Gasteiger partial charge >= 0.3 is 0 Å². The Kier molecular flexibility index (Phi) is 2.35. The van der Waals surface area contributed by atoms with Gasteiger partial charge in [0.25, 0.3) is 0 Å². The summed E-state index contributed by atoms with van der Waals surface area (Å²) in [5, 5.41) is 0. The lowest BCUT2D eigenvalue weighted by Crippen LogP contribution is -2.31. The van der Waals surface area contributed by atoms with Crippen molar-refractivity contribution in [1.29, 1.82) is 0 Å².